The van der Waals surface area contributed by atoms with Gasteiger partial charge in [-0.2, -0.15) is 4.68 Å². The summed E-state index contributed by atoms with van der Waals surface area (Å²) in [5.41, 5.74) is 0.594. The van der Waals surface area contributed by atoms with Crippen LogP contribution < -0.4 is 10.5 Å². The topological polar surface area (TPSA) is 57.3 Å². The summed E-state index contributed by atoms with van der Waals surface area (Å²) in [7, 11) is 0. The Morgan fingerprint density at radius 1 is 1.10 bits per heavy atom. The van der Waals surface area contributed by atoms with Gasteiger partial charge in [0.05, 0.1) is 5.69 Å². The van der Waals surface area contributed by atoms with Crippen LogP contribution in [-0.4, -0.2) is 9.78 Å². The molecule has 0 aliphatic carbocycles. The van der Waals surface area contributed by atoms with Gasteiger partial charge in [-0.15, -0.1) is 0 Å². The van der Waals surface area contributed by atoms with Gasteiger partial charge in [-0.25, -0.2) is 4.79 Å². The van der Waals surface area contributed by atoms with Crippen LogP contribution in [0.3, 0.4) is 0 Å². The first-order valence-corrected chi connectivity index (χ1v) is 6.61. The fourth-order valence-electron chi connectivity index (χ4n) is 1.66. The summed E-state index contributed by atoms with van der Waals surface area (Å²) in [6.07, 6.45) is -0.0961. The zero-order chi connectivity index (χ0) is 13.9. The van der Waals surface area contributed by atoms with E-state index in [-0.39, 0.29) is 6.08 Å². The predicted molar refractivity (Wildman–Crippen MR) is 76.3 cm³/mol. The lowest BCUT2D eigenvalue weighted by Gasteiger charge is -1.99. The van der Waals surface area contributed by atoms with Crippen molar-refractivity contribution in [3.63, 3.8) is 0 Å². The molecule has 0 aliphatic heterocycles. The average molecular weight is 333 g/mol. The molecule has 1 heterocycles. The average Bonchev–Trinajstić information content (AvgIpc) is 2.81. The van der Waals surface area contributed by atoms with Crippen molar-refractivity contribution in [1.82, 2.24) is 9.78 Å². The summed E-state index contributed by atoms with van der Waals surface area (Å²) in [6, 6.07) is 16.2. The highest BCUT2D eigenvalue weighted by molar-refractivity contribution is 9.10. The summed E-state index contributed by atoms with van der Waals surface area (Å²) in [5.74, 6) is -0.0517. The van der Waals surface area contributed by atoms with E-state index in [1.165, 1.54) is 0 Å². The van der Waals surface area contributed by atoms with Crippen LogP contribution in [0.1, 0.15) is 0 Å². The van der Waals surface area contributed by atoms with Crippen LogP contribution in [-0.2, 0) is 0 Å². The van der Waals surface area contributed by atoms with Crippen molar-refractivity contribution < 1.29 is 9.15 Å². The Kier molecular flexibility index (Phi) is 3.39. The molecule has 0 unspecified atom stereocenters. The maximum atomic E-state index is 11.8. The molecule has 100 valence electrons. The van der Waals surface area contributed by atoms with Crippen LogP contribution >= 0.6 is 15.9 Å². The number of hydrogen-bond donors (Lipinski definition) is 0. The van der Waals surface area contributed by atoms with Gasteiger partial charge < -0.3 is 9.15 Å². The van der Waals surface area contributed by atoms with E-state index in [0.717, 1.165) is 9.15 Å². The van der Waals surface area contributed by atoms with Crippen LogP contribution in [0.25, 0.3) is 5.69 Å². The third-order valence-electron chi connectivity index (χ3n) is 2.53. The quantitative estimate of drug-likeness (QED) is 0.737. The standard InChI is InChI=1S/C14H9BrN2O3/c15-10-5-4-6-11(9-10)17-14(18)20-13(16-17)19-12-7-2-1-3-8-12/h1-9H. The van der Waals surface area contributed by atoms with Gasteiger partial charge in [-0.3, -0.25) is 0 Å². The molecule has 0 saturated heterocycles. The number of halogens is 1. The van der Waals surface area contributed by atoms with E-state index in [4.69, 9.17) is 9.15 Å². The Balaban J connectivity index is 1.94. The van der Waals surface area contributed by atoms with Gasteiger partial charge in [0.2, 0.25) is 0 Å². The maximum Gasteiger partial charge on any atom is 0.444 e. The molecule has 0 bridgehead atoms. The molecule has 2 aromatic carbocycles. The molecule has 0 saturated carbocycles. The number of ether oxygens (including phenoxy) is 1. The van der Waals surface area contributed by atoms with E-state index >= 15 is 0 Å². The first kappa shape index (κ1) is 12.7. The molecule has 1 aromatic heterocycles. The van der Waals surface area contributed by atoms with Crippen molar-refractivity contribution in [3.05, 3.63) is 69.6 Å². The first-order chi connectivity index (χ1) is 9.72. The van der Waals surface area contributed by atoms with Gasteiger partial charge >= 0.3 is 11.8 Å². The molecule has 0 amide bonds. The summed E-state index contributed by atoms with van der Waals surface area (Å²) in [4.78, 5) is 11.8. The fourth-order valence-corrected chi connectivity index (χ4v) is 2.05. The van der Waals surface area contributed by atoms with Crippen LogP contribution in [0, 0.1) is 0 Å². The van der Waals surface area contributed by atoms with Gasteiger partial charge in [0.15, 0.2) is 0 Å². The van der Waals surface area contributed by atoms with Crippen molar-refractivity contribution >= 4 is 15.9 Å². The molecular weight excluding hydrogens is 324 g/mol. The molecule has 0 N–H and O–H groups in total. The van der Waals surface area contributed by atoms with E-state index in [1.807, 2.05) is 24.3 Å². The molecule has 0 radical (unpaired) electrons. The van der Waals surface area contributed by atoms with E-state index in [0.29, 0.717) is 11.4 Å². The minimum absolute atomic E-state index is 0.0961. The van der Waals surface area contributed by atoms with E-state index < -0.39 is 5.76 Å². The Bertz CT molecular complexity index is 780. The van der Waals surface area contributed by atoms with Crippen LogP contribution in [0.15, 0.2) is 68.3 Å². The van der Waals surface area contributed by atoms with Crippen molar-refractivity contribution in [1.29, 1.82) is 0 Å². The molecule has 3 rings (SSSR count). The zero-order valence-electron chi connectivity index (χ0n) is 10.2. The van der Waals surface area contributed by atoms with Crippen LogP contribution in [0.5, 0.6) is 11.8 Å². The Hall–Kier alpha value is -2.34. The maximum absolute atomic E-state index is 11.8. The first-order valence-electron chi connectivity index (χ1n) is 5.81. The second-order valence-electron chi connectivity index (χ2n) is 3.94. The highest BCUT2D eigenvalue weighted by atomic mass is 79.9. The molecule has 0 spiro atoms. The van der Waals surface area contributed by atoms with Gasteiger partial charge in [-0.05, 0) is 30.3 Å². The highest BCUT2D eigenvalue weighted by Crippen LogP contribution is 2.19. The molecule has 0 aliphatic rings. The summed E-state index contributed by atoms with van der Waals surface area (Å²) in [6.45, 7) is 0. The lowest BCUT2D eigenvalue weighted by molar-refractivity contribution is 0.320. The van der Waals surface area contributed by atoms with Gasteiger partial charge in [0.25, 0.3) is 0 Å². The van der Waals surface area contributed by atoms with Crippen LogP contribution in [0.2, 0.25) is 0 Å². The zero-order valence-corrected chi connectivity index (χ0v) is 11.8. The molecule has 6 heteroatoms. The number of benzene rings is 2. The van der Waals surface area contributed by atoms with E-state index in [9.17, 15) is 4.79 Å². The van der Waals surface area contributed by atoms with E-state index in [1.54, 1.807) is 30.3 Å². The normalized spacial score (nSPS) is 10.4. The Labute approximate surface area is 122 Å². The van der Waals surface area contributed by atoms with Crippen molar-refractivity contribution in [2.24, 2.45) is 0 Å². The summed E-state index contributed by atoms with van der Waals surface area (Å²) < 4.78 is 12.3. The number of rotatable bonds is 3. The molecule has 5 nitrogen and oxygen atoms in total. The third kappa shape index (κ3) is 2.65. The van der Waals surface area contributed by atoms with Gasteiger partial charge in [0, 0.05) is 4.47 Å². The van der Waals surface area contributed by atoms with Crippen LogP contribution in [0.4, 0.5) is 0 Å². The molecular formula is C14H9BrN2O3. The van der Waals surface area contributed by atoms with Gasteiger partial charge in [0.1, 0.15) is 5.75 Å². The van der Waals surface area contributed by atoms with Crippen molar-refractivity contribution in [2.45, 2.75) is 0 Å². The SMILES string of the molecule is O=c1oc(Oc2ccccc2)nn1-c1cccc(Br)c1. The molecule has 20 heavy (non-hydrogen) atoms. The predicted octanol–water partition coefficient (Wildman–Crippen LogP) is 3.38. The summed E-state index contributed by atoms with van der Waals surface area (Å²) >= 11 is 3.34. The Morgan fingerprint density at radius 3 is 2.65 bits per heavy atom. The number of para-hydroxylation sites is 1. The van der Waals surface area contributed by atoms with Crippen molar-refractivity contribution in [2.75, 3.05) is 0 Å². The molecule has 0 atom stereocenters. The highest BCUT2D eigenvalue weighted by Gasteiger charge is 2.11. The molecule has 0 fully saturated rings. The van der Waals surface area contributed by atoms with Crippen molar-refractivity contribution in [3.8, 4) is 17.5 Å². The largest absolute Gasteiger partial charge is 0.444 e. The number of hydrogen-bond acceptors (Lipinski definition) is 4. The Morgan fingerprint density at radius 2 is 1.90 bits per heavy atom. The second-order valence-corrected chi connectivity index (χ2v) is 4.86. The molecule has 3 aromatic rings. The van der Waals surface area contributed by atoms with E-state index in [2.05, 4.69) is 21.0 Å². The minimum Gasteiger partial charge on any atom is -0.410 e. The monoisotopic (exact) mass is 332 g/mol. The lowest BCUT2D eigenvalue weighted by Crippen LogP contribution is -2.13. The fraction of sp³-hybridized carbons (Fsp3) is 0. The lowest BCUT2D eigenvalue weighted by atomic mass is 10.3. The third-order valence-corrected chi connectivity index (χ3v) is 3.02. The second kappa shape index (κ2) is 5.34. The number of aromatic nitrogens is 2. The van der Waals surface area contributed by atoms with Gasteiger partial charge in [-0.1, -0.05) is 45.3 Å². The minimum atomic E-state index is -0.603. The number of nitrogens with zero attached hydrogens (tertiary/aromatic N) is 2. The summed E-state index contributed by atoms with van der Waals surface area (Å²) in [5, 5.41) is 4.01. The smallest absolute Gasteiger partial charge is 0.410 e.